The van der Waals surface area contributed by atoms with E-state index in [0.29, 0.717) is 16.8 Å². The summed E-state index contributed by atoms with van der Waals surface area (Å²) in [6, 6.07) is 16.7. The Hall–Kier alpha value is -4.94. The van der Waals surface area contributed by atoms with Gasteiger partial charge in [0.25, 0.3) is 0 Å². The summed E-state index contributed by atoms with van der Waals surface area (Å²) >= 11 is 6.37. The van der Waals surface area contributed by atoms with Gasteiger partial charge in [-0.3, -0.25) is 4.79 Å². The fraction of sp³-hybridized carbons (Fsp3) is 0.148. The third kappa shape index (κ3) is 8.55. The molecule has 1 amide bonds. The van der Waals surface area contributed by atoms with Gasteiger partial charge in [-0.1, -0.05) is 29.8 Å². The van der Waals surface area contributed by atoms with Crippen molar-refractivity contribution in [1.29, 1.82) is 0 Å². The second kappa shape index (κ2) is 13.7. The van der Waals surface area contributed by atoms with Gasteiger partial charge >= 0.3 is 17.9 Å². The number of ether oxygens (including phenoxy) is 1. The van der Waals surface area contributed by atoms with Gasteiger partial charge in [-0.15, -0.1) is 0 Å². The number of carboxylic acid groups (broad SMARTS) is 1. The van der Waals surface area contributed by atoms with E-state index in [2.05, 4.69) is 9.83 Å². The number of amides is 1. The fourth-order valence-electron chi connectivity index (χ4n) is 3.63. The Balaban J connectivity index is 1.64. The summed E-state index contributed by atoms with van der Waals surface area (Å²) in [5.74, 6) is 2.04. The minimum Gasteiger partial charge on any atom is -0.478 e. The lowest BCUT2D eigenvalue weighted by Gasteiger charge is -2.22. The molecule has 12 nitrogen and oxygen atoms in total. The van der Waals surface area contributed by atoms with Crippen LogP contribution in [0.1, 0.15) is 38.3 Å². The molecular formula is C27H26ClN5O7. The number of halogens is 1. The third-order valence-electron chi connectivity index (χ3n) is 5.56. The molecule has 0 radical (unpaired) electrons. The van der Waals surface area contributed by atoms with Crippen molar-refractivity contribution in [2.75, 3.05) is 6.54 Å². The summed E-state index contributed by atoms with van der Waals surface area (Å²) in [6.07, 6.45) is 0.180. The molecule has 13 heteroatoms. The SMILES string of the molecule is NOC(=O)CN(Cc1cccc(C(=O)O)c1)C(=O)CCc1ccc(OC(=O)c2ccc(N=C(N)N)cc2)cc1Cl. The highest BCUT2D eigenvalue weighted by atomic mass is 35.5. The topological polar surface area (TPSA) is 201 Å². The van der Waals surface area contributed by atoms with Crippen molar-refractivity contribution in [3.63, 3.8) is 0 Å². The van der Waals surface area contributed by atoms with Gasteiger partial charge < -0.3 is 31.0 Å². The molecule has 7 N–H and O–H groups in total. The highest BCUT2D eigenvalue weighted by Gasteiger charge is 2.20. The number of esters is 1. The van der Waals surface area contributed by atoms with E-state index in [0.717, 1.165) is 0 Å². The lowest BCUT2D eigenvalue weighted by atomic mass is 10.1. The van der Waals surface area contributed by atoms with Crippen LogP contribution in [0.5, 0.6) is 5.75 Å². The number of rotatable bonds is 11. The zero-order valence-corrected chi connectivity index (χ0v) is 21.8. The maximum Gasteiger partial charge on any atom is 0.344 e. The summed E-state index contributed by atoms with van der Waals surface area (Å²) < 4.78 is 5.38. The molecule has 3 aromatic carbocycles. The predicted octanol–water partition coefficient (Wildman–Crippen LogP) is 2.54. The number of hydrogen-bond donors (Lipinski definition) is 4. The zero-order chi connectivity index (χ0) is 29.2. The molecule has 208 valence electrons. The van der Waals surface area contributed by atoms with Crippen LogP contribution in [0.2, 0.25) is 5.02 Å². The summed E-state index contributed by atoms with van der Waals surface area (Å²) in [6.45, 7) is -0.465. The minimum absolute atomic E-state index is 0.0303. The highest BCUT2D eigenvalue weighted by Crippen LogP contribution is 2.25. The van der Waals surface area contributed by atoms with Crippen molar-refractivity contribution >= 4 is 47.1 Å². The Kier molecular flexibility index (Phi) is 10.2. The van der Waals surface area contributed by atoms with E-state index in [4.69, 9.17) is 33.7 Å². The highest BCUT2D eigenvalue weighted by molar-refractivity contribution is 6.31. The Morgan fingerprint density at radius 1 is 0.950 bits per heavy atom. The maximum atomic E-state index is 13.0. The number of guanidine groups is 1. The van der Waals surface area contributed by atoms with E-state index in [-0.39, 0.29) is 47.2 Å². The normalized spacial score (nSPS) is 10.3. The number of nitrogens with zero attached hydrogens (tertiary/aromatic N) is 2. The van der Waals surface area contributed by atoms with Gasteiger partial charge in [0.1, 0.15) is 12.3 Å². The number of aliphatic imine (C=N–C) groups is 1. The minimum atomic E-state index is -1.12. The molecule has 0 aliphatic rings. The average molecular weight is 568 g/mol. The van der Waals surface area contributed by atoms with Gasteiger partial charge in [-0.25, -0.2) is 19.4 Å². The molecule has 0 bridgehead atoms. The second-order valence-corrected chi connectivity index (χ2v) is 8.88. The number of carbonyl (C=O) groups excluding carboxylic acids is 3. The number of aryl methyl sites for hydroxylation is 1. The van der Waals surface area contributed by atoms with Crippen LogP contribution in [0.15, 0.2) is 71.7 Å². The Morgan fingerprint density at radius 2 is 1.68 bits per heavy atom. The summed E-state index contributed by atoms with van der Waals surface area (Å²) in [5, 5.41) is 9.48. The predicted molar refractivity (Wildman–Crippen MR) is 146 cm³/mol. The Bertz CT molecular complexity index is 1440. The van der Waals surface area contributed by atoms with Gasteiger partial charge in [-0.2, -0.15) is 5.90 Å². The van der Waals surface area contributed by atoms with Crippen LogP contribution in [0.3, 0.4) is 0 Å². The molecule has 40 heavy (non-hydrogen) atoms. The number of benzene rings is 3. The Labute approximate surface area is 233 Å². The molecule has 0 aliphatic heterocycles. The zero-order valence-electron chi connectivity index (χ0n) is 21.1. The molecule has 0 unspecified atom stereocenters. The van der Waals surface area contributed by atoms with Crippen LogP contribution in [0.4, 0.5) is 5.69 Å². The summed E-state index contributed by atoms with van der Waals surface area (Å²) in [5.41, 5.74) is 12.6. The van der Waals surface area contributed by atoms with Crippen LogP contribution in [0, 0.1) is 0 Å². The molecule has 0 atom stereocenters. The summed E-state index contributed by atoms with van der Waals surface area (Å²) in [7, 11) is 0. The monoisotopic (exact) mass is 567 g/mol. The van der Waals surface area contributed by atoms with E-state index in [1.807, 2.05) is 0 Å². The van der Waals surface area contributed by atoms with E-state index in [1.54, 1.807) is 36.4 Å². The van der Waals surface area contributed by atoms with Gasteiger partial charge in [0.2, 0.25) is 5.91 Å². The lowest BCUT2D eigenvalue weighted by molar-refractivity contribution is -0.150. The van der Waals surface area contributed by atoms with E-state index < -0.39 is 30.4 Å². The first-order valence-electron chi connectivity index (χ1n) is 11.8. The average Bonchev–Trinajstić information content (AvgIpc) is 2.92. The van der Waals surface area contributed by atoms with Gasteiger partial charge in [-0.05, 0) is 66.1 Å². The van der Waals surface area contributed by atoms with Crippen molar-refractivity contribution in [2.24, 2.45) is 22.4 Å². The molecule has 3 rings (SSSR count). The van der Waals surface area contributed by atoms with Crippen molar-refractivity contribution in [3.05, 3.63) is 94.0 Å². The number of aromatic carboxylic acids is 1. The lowest BCUT2D eigenvalue weighted by Crippen LogP contribution is -2.37. The fourth-order valence-corrected chi connectivity index (χ4v) is 3.89. The van der Waals surface area contributed by atoms with Crippen LogP contribution in [-0.2, 0) is 27.4 Å². The van der Waals surface area contributed by atoms with E-state index >= 15 is 0 Å². The van der Waals surface area contributed by atoms with Crippen molar-refractivity contribution in [3.8, 4) is 5.75 Å². The number of carbonyl (C=O) groups is 4. The molecule has 0 aliphatic carbocycles. The maximum absolute atomic E-state index is 13.0. The first-order valence-corrected chi connectivity index (χ1v) is 12.1. The van der Waals surface area contributed by atoms with Crippen molar-refractivity contribution < 1.29 is 33.9 Å². The van der Waals surface area contributed by atoms with Crippen LogP contribution < -0.4 is 22.1 Å². The molecule has 0 saturated carbocycles. The largest absolute Gasteiger partial charge is 0.478 e. The van der Waals surface area contributed by atoms with Gasteiger partial charge in [0.15, 0.2) is 5.96 Å². The van der Waals surface area contributed by atoms with Crippen LogP contribution in [-0.4, -0.2) is 46.3 Å². The van der Waals surface area contributed by atoms with E-state index in [1.165, 1.54) is 35.2 Å². The first kappa shape index (κ1) is 29.6. The van der Waals surface area contributed by atoms with Gasteiger partial charge in [0, 0.05) is 18.0 Å². The van der Waals surface area contributed by atoms with Gasteiger partial charge in [0.05, 0.1) is 16.8 Å². The van der Waals surface area contributed by atoms with Crippen molar-refractivity contribution in [1.82, 2.24) is 4.90 Å². The second-order valence-electron chi connectivity index (χ2n) is 8.47. The number of nitrogens with two attached hydrogens (primary N) is 3. The molecule has 0 spiro atoms. The summed E-state index contributed by atoms with van der Waals surface area (Å²) in [4.78, 5) is 57.8. The quantitative estimate of drug-likeness (QED) is 0.0876. The molecule has 0 fully saturated rings. The van der Waals surface area contributed by atoms with Crippen LogP contribution in [0.25, 0.3) is 0 Å². The molecule has 0 heterocycles. The number of carboxylic acids is 1. The first-order chi connectivity index (χ1) is 19.0. The third-order valence-corrected chi connectivity index (χ3v) is 5.91. The van der Waals surface area contributed by atoms with Crippen molar-refractivity contribution in [2.45, 2.75) is 19.4 Å². The Morgan fingerprint density at radius 3 is 2.30 bits per heavy atom. The number of hydrogen-bond acceptors (Lipinski definition) is 8. The van der Waals surface area contributed by atoms with E-state index in [9.17, 15) is 24.3 Å². The molecular weight excluding hydrogens is 542 g/mol. The standard InChI is InChI=1S/C27H26ClN5O7/c28-22-13-21(39-26(38)18-4-8-20(9-5-18)32-27(29)30)10-6-17(22)7-11-23(34)33(15-24(35)40-31)14-16-2-1-3-19(12-16)25(36)37/h1-6,8-10,12-13H,7,11,14-15,31H2,(H,36,37)(H4,29,30,32). The van der Waals surface area contributed by atoms with Crippen LogP contribution >= 0.6 is 11.6 Å². The molecule has 0 aromatic heterocycles. The molecule has 0 saturated heterocycles. The molecule has 3 aromatic rings. The smallest absolute Gasteiger partial charge is 0.344 e.